The van der Waals surface area contributed by atoms with E-state index < -0.39 is 0 Å². The number of nitrogens with zero attached hydrogens (tertiary/aromatic N) is 1. The van der Waals surface area contributed by atoms with Gasteiger partial charge in [-0.1, -0.05) is 12.1 Å². The van der Waals surface area contributed by atoms with Gasteiger partial charge in [0.05, 0.1) is 18.2 Å². The van der Waals surface area contributed by atoms with Crippen molar-refractivity contribution < 1.29 is 9.53 Å². The van der Waals surface area contributed by atoms with Crippen molar-refractivity contribution >= 4 is 5.91 Å². The average Bonchev–Trinajstić information content (AvgIpc) is 2.54. The molecule has 1 N–H and O–H groups in total. The van der Waals surface area contributed by atoms with Gasteiger partial charge in [0, 0.05) is 12.1 Å². The van der Waals surface area contributed by atoms with Crippen molar-refractivity contribution in [1.82, 2.24) is 5.32 Å². The molecule has 0 atom stereocenters. The van der Waals surface area contributed by atoms with Gasteiger partial charge in [-0.05, 0) is 48.9 Å². The molecule has 0 fully saturated rings. The van der Waals surface area contributed by atoms with Gasteiger partial charge in [0.15, 0.2) is 0 Å². The Hall–Kier alpha value is -2.80. The SMILES string of the molecule is CCOc1ccc(C(=O)NCc2cccc(C#N)c2)cc1. The lowest BCUT2D eigenvalue weighted by molar-refractivity contribution is 0.0951. The molecule has 4 heteroatoms. The van der Waals surface area contributed by atoms with Crippen molar-refractivity contribution in [3.8, 4) is 11.8 Å². The number of carbonyl (C=O) groups is 1. The van der Waals surface area contributed by atoms with Crippen molar-refractivity contribution in [3.05, 3.63) is 65.2 Å². The third-order valence-electron chi connectivity index (χ3n) is 2.94. The molecule has 0 aliphatic heterocycles. The molecular formula is C17H16N2O2. The Balaban J connectivity index is 1.96. The quantitative estimate of drug-likeness (QED) is 0.916. The average molecular weight is 280 g/mol. The number of nitrogens with one attached hydrogen (secondary N) is 1. The normalized spacial score (nSPS) is 9.71. The Morgan fingerprint density at radius 1 is 1.24 bits per heavy atom. The predicted octanol–water partition coefficient (Wildman–Crippen LogP) is 2.89. The first-order chi connectivity index (χ1) is 10.2. The second kappa shape index (κ2) is 7.11. The van der Waals surface area contributed by atoms with Crippen molar-refractivity contribution in [2.75, 3.05) is 6.61 Å². The summed E-state index contributed by atoms with van der Waals surface area (Å²) in [6.07, 6.45) is 0. The molecule has 4 nitrogen and oxygen atoms in total. The predicted molar refractivity (Wildman–Crippen MR) is 79.9 cm³/mol. The summed E-state index contributed by atoms with van der Waals surface area (Å²) in [5, 5.41) is 11.7. The number of hydrogen-bond acceptors (Lipinski definition) is 3. The summed E-state index contributed by atoms with van der Waals surface area (Å²) in [5.74, 6) is 0.594. The Morgan fingerprint density at radius 2 is 2.00 bits per heavy atom. The summed E-state index contributed by atoms with van der Waals surface area (Å²) in [5.41, 5.74) is 2.06. The highest BCUT2D eigenvalue weighted by Crippen LogP contribution is 2.12. The molecule has 21 heavy (non-hydrogen) atoms. The number of benzene rings is 2. The van der Waals surface area contributed by atoms with E-state index in [4.69, 9.17) is 10.00 Å². The standard InChI is InChI=1S/C17H16N2O2/c1-2-21-16-8-6-15(7-9-16)17(20)19-12-14-5-3-4-13(10-14)11-18/h3-10H,2,12H2,1H3,(H,19,20). The van der Waals surface area contributed by atoms with E-state index in [1.54, 1.807) is 42.5 Å². The maximum atomic E-state index is 12.0. The molecule has 0 aliphatic rings. The van der Waals surface area contributed by atoms with E-state index in [9.17, 15) is 4.79 Å². The lowest BCUT2D eigenvalue weighted by Gasteiger charge is -2.07. The van der Waals surface area contributed by atoms with Gasteiger partial charge in [0.25, 0.3) is 5.91 Å². The van der Waals surface area contributed by atoms with E-state index in [1.807, 2.05) is 13.0 Å². The van der Waals surface area contributed by atoms with Crippen molar-refractivity contribution in [3.63, 3.8) is 0 Å². The van der Waals surface area contributed by atoms with Crippen LogP contribution in [0.1, 0.15) is 28.4 Å². The minimum Gasteiger partial charge on any atom is -0.494 e. The number of hydrogen-bond donors (Lipinski definition) is 1. The molecule has 106 valence electrons. The van der Waals surface area contributed by atoms with E-state index in [0.717, 1.165) is 11.3 Å². The van der Waals surface area contributed by atoms with E-state index in [-0.39, 0.29) is 5.91 Å². The second-order valence-corrected chi connectivity index (χ2v) is 4.45. The molecule has 2 aromatic rings. The highest BCUT2D eigenvalue weighted by atomic mass is 16.5. The summed E-state index contributed by atoms with van der Waals surface area (Å²) in [6.45, 7) is 2.90. The lowest BCUT2D eigenvalue weighted by atomic mass is 10.1. The van der Waals surface area contributed by atoms with Gasteiger partial charge in [-0.3, -0.25) is 4.79 Å². The molecule has 1 amide bonds. The molecule has 2 aromatic carbocycles. The zero-order valence-electron chi connectivity index (χ0n) is 11.8. The van der Waals surface area contributed by atoms with Gasteiger partial charge in [-0.15, -0.1) is 0 Å². The molecular weight excluding hydrogens is 264 g/mol. The number of amides is 1. The summed E-state index contributed by atoms with van der Waals surface area (Å²) in [6, 6.07) is 16.3. The largest absolute Gasteiger partial charge is 0.494 e. The van der Waals surface area contributed by atoms with Crippen LogP contribution in [0.4, 0.5) is 0 Å². The summed E-state index contributed by atoms with van der Waals surface area (Å²) < 4.78 is 5.33. The second-order valence-electron chi connectivity index (χ2n) is 4.45. The van der Waals surface area contributed by atoms with Crippen LogP contribution in [0.15, 0.2) is 48.5 Å². The summed E-state index contributed by atoms with van der Waals surface area (Å²) >= 11 is 0. The van der Waals surface area contributed by atoms with Crippen LogP contribution in [0, 0.1) is 11.3 Å². The van der Waals surface area contributed by atoms with Gasteiger partial charge in [0.1, 0.15) is 5.75 Å². The van der Waals surface area contributed by atoms with Crippen molar-refractivity contribution in [2.45, 2.75) is 13.5 Å². The fourth-order valence-corrected chi connectivity index (χ4v) is 1.90. The van der Waals surface area contributed by atoms with Gasteiger partial charge in [0.2, 0.25) is 0 Å². The maximum Gasteiger partial charge on any atom is 0.251 e. The number of nitriles is 1. The van der Waals surface area contributed by atoms with Gasteiger partial charge in [-0.2, -0.15) is 5.26 Å². The minimum absolute atomic E-state index is 0.152. The Morgan fingerprint density at radius 3 is 2.67 bits per heavy atom. The topological polar surface area (TPSA) is 62.1 Å². The van der Waals surface area contributed by atoms with E-state index in [1.165, 1.54) is 0 Å². The van der Waals surface area contributed by atoms with Gasteiger partial charge >= 0.3 is 0 Å². The fourth-order valence-electron chi connectivity index (χ4n) is 1.90. The molecule has 0 saturated heterocycles. The molecule has 0 unspecified atom stereocenters. The zero-order valence-corrected chi connectivity index (χ0v) is 11.8. The Labute approximate surface area is 124 Å². The van der Waals surface area contributed by atoms with Crippen molar-refractivity contribution in [1.29, 1.82) is 5.26 Å². The van der Waals surface area contributed by atoms with Crippen LogP contribution in [-0.4, -0.2) is 12.5 Å². The Bertz CT molecular complexity index is 657. The Kier molecular flexibility index (Phi) is 4.94. The van der Waals surface area contributed by atoms with Gasteiger partial charge < -0.3 is 10.1 Å². The smallest absolute Gasteiger partial charge is 0.251 e. The van der Waals surface area contributed by atoms with Crippen LogP contribution < -0.4 is 10.1 Å². The molecule has 2 rings (SSSR count). The molecule has 0 aliphatic carbocycles. The van der Waals surface area contributed by atoms with E-state index in [2.05, 4.69) is 11.4 Å². The number of rotatable bonds is 5. The highest BCUT2D eigenvalue weighted by molar-refractivity contribution is 5.94. The summed E-state index contributed by atoms with van der Waals surface area (Å²) in [7, 11) is 0. The third-order valence-corrected chi connectivity index (χ3v) is 2.94. The van der Waals surface area contributed by atoms with Crippen molar-refractivity contribution in [2.24, 2.45) is 0 Å². The lowest BCUT2D eigenvalue weighted by Crippen LogP contribution is -2.22. The minimum atomic E-state index is -0.152. The van der Waals surface area contributed by atoms with E-state index in [0.29, 0.717) is 24.3 Å². The highest BCUT2D eigenvalue weighted by Gasteiger charge is 2.05. The maximum absolute atomic E-state index is 12.0. The van der Waals surface area contributed by atoms with Gasteiger partial charge in [-0.25, -0.2) is 0 Å². The zero-order chi connectivity index (χ0) is 15.1. The number of carbonyl (C=O) groups excluding carboxylic acids is 1. The first-order valence-corrected chi connectivity index (χ1v) is 6.73. The van der Waals surface area contributed by atoms with E-state index >= 15 is 0 Å². The third kappa shape index (κ3) is 4.08. The molecule has 0 spiro atoms. The first kappa shape index (κ1) is 14.6. The van der Waals surface area contributed by atoms with Crippen LogP contribution in [0.5, 0.6) is 5.75 Å². The molecule has 0 bridgehead atoms. The molecule has 0 saturated carbocycles. The van der Waals surface area contributed by atoms with Crippen LogP contribution in [0.25, 0.3) is 0 Å². The van der Waals surface area contributed by atoms with Crippen LogP contribution in [0.3, 0.4) is 0 Å². The van der Waals surface area contributed by atoms with Crippen LogP contribution in [0.2, 0.25) is 0 Å². The first-order valence-electron chi connectivity index (χ1n) is 6.73. The van der Waals surface area contributed by atoms with Crippen LogP contribution in [-0.2, 0) is 6.54 Å². The summed E-state index contributed by atoms with van der Waals surface area (Å²) in [4.78, 5) is 12.0. The molecule has 0 heterocycles. The molecule has 0 aromatic heterocycles. The number of ether oxygens (including phenoxy) is 1. The monoisotopic (exact) mass is 280 g/mol. The molecule has 0 radical (unpaired) electrons. The fraction of sp³-hybridized carbons (Fsp3) is 0.176. The van der Waals surface area contributed by atoms with Crippen LogP contribution >= 0.6 is 0 Å².